The Bertz CT molecular complexity index is 1590. The van der Waals surface area contributed by atoms with E-state index in [0.29, 0.717) is 49.3 Å². The van der Waals surface area contributed by atoms with Crippen LogP contribution >= 0.6 is 0 Å². The maximum absolute atomic E-state index is 13.7. The quantitative estimate of drug-likeness (QED) is 0.199. The molecule has 53 heavy (non-hydrogen) atoms. The van der Waals surface area contributed by atoms with Crippen molar-refractivity contribution < 1.29 is 24.2 Å². The number of hydrogen-bond acceptors (Lipinski definition) is 7. The molecule has 3 saturated carbocycles. The number of nitrogens with zero attached hydrogens (tertiary/aromatic N) is 3. The Morgan fingerprint density at radius 3 is 2.36 bits per heavy atom. The van der Waals surface area contributed by atoms with Gasteiger partial charge in [-0.15, -0.1) is 0 Å². The number of likely N-dealkylation sites (N-methyl/N-ethyl adjacent to an activating group) is 1. The van der Waals surface area contributed by atoms with Gasteiger partial charge in [0.25, 0.3) is 5.91 Å². The minimum Gasteiger partial charge on any atom is -0.481 e. The van der Waals surface area contributed by atoms with Crippen molar-refractivity contribution in [3.63, 3.8) is 0 Å². The lowest BCUT2D eigenvalue weighted by Gasteiger charge is -2.71. The van der Waals surface area contributed by atoms with Gasteiger partial charge in [-0.2, -0.15) is 5.10 Å². The average Bonchev–Trinajstić information content (AvgIpc) is 3.57. The monoisotopic (exact) mass is 738 g/mol. The Labute approximate surface area is 319 Å². The fourth-order valence-electron chi connectivity index (χ4n) is 12.9. The van der Waals surface area contributed by atoms with Crippen LogP contribution in [-0.2, 0) is 14.3 Å². The van der Waals surface area contributed by atoms with Crippen molar-refractivity contribution in [1.82, 2.24) is 25.4 Å². The lowest BCUT2D eigenvalue weighted by atomic mass is 9.34. The summed E-state index contributed by atoms with van der Waals surface area (Å²) in [5, 5.41) is 22.5. The van der Waals surface area contributed by atoms with Crippen LogP contribution in [-0.4, -0.2) is 76.3 Å². The molecule has 2 heterocycles. The molecule has 0 aromatic carbocycles. The maximum Gasteiger partial charge on any atom is 0.307 e. The summed E-state index contributed by atoms with van der Waals surface area (Å²) in [6, 6.07) is -0.295. The van der Waals surface area contributed by atoms with Crippen LogP contribution in [0.25, 0.3) is 0 Å². The number of carboxylic acid groups (broad SMARTS) is 1. The number of aromatic nitrogens is 3. The summed E-state index contributed by atoms with van der Waals surface area (Å²) in [6.45, 7) is 28.4. The predicted octanol–water partition coefficient (Wildman–Crippen LogP) is 7.57. The highest BCUT2D eigenvalue weighted by atomic mass is 16.5. The Morgan fingerprint density at radius 2 is 1.75 bits per heavy atom. The fourth-order valence-corrected chi connectivity index (χ4v) is 12.9. The second-order valence-corrected chi connectivity index (χ2v) is 20.3. The van der Waals surface area contributed by atoms with Crippen molar-refractivity contribution in [3.8, 4) is 0 Å². The first-order chi connectivity index (χ1) is 24.7. The fraction of sp³-hybridized carbons (Fsp3) is 0.860. The van der Waals surface area contributed by atoms with Gasteiger partial charge in [-0.3, -0.25) is 9.59 Å². The van der Waals surface area contributed by atoms with Gasteiger partial charge in [0.1, 0.15) is 6.33 Å². The van der Waals surface area contributed by atoms with Gasteiger partial charge in [-0.05, 0) is 112 Å². The lowest BCUT2D eigenvalue weighted by molar-refractivity contribution is -0.253. The van der Waals surface area contributed by atoms with Crippen LogP contribution in [0.4, 0.5) is 0 Å². The van der Waals surface area contributed by atoms with E-state index in [4.69, 9.17) is 14.6 Å². The van der Waals surface area contributed by atoms with Crippen LogP contribution in [0, 0.1) is 62.6 Å². The van der Waals surface area contributed by atoms with Gasteiger partial charge >= 0.3 is 5.97 Å². The Balaban J connectivity index is 1.48. The molecule has 4 aliphatic carbocycles. The number of ether oxygens (including phenoxy) is 2. The largest absolute Gasteiger partial charge is 0.481 e. The molecule has 0 spiro atoms. The SMILES string of the molecule is CN[C@@](C)(CO[C@H]1[C@H](n2ncnc2C(=O)NC(C)C)C[C@@]23COC[C@@]1(C)[C@@H]2CC[C@H]1C3=CC[C@@]2(C)[C@H](C(=O)O)[C@@](C)([C@H](C)C(C)C)CC[C@]12C)C(C)C. The maximum atomic E-state index is 13.7. The van der Waals surface area contributed by atoms with E-state index < -0.39 is 17.3 Å². The molecule has 1 aromatic rings. The second-order valence-electron chi connectivity index (χ2n) is 20.3. The van der Waals surface area contributed by atoms with E-state index in [1.165, 1.54) is 11.9 Å². The Hall–Kier alpha value is -2.30. The number of nitrogens with one attached hydrogen (secondary N) is 2. The number of fused-ring (bicyclic) bond motifs is 3. The van der Waals surface area contributed by atoms with Crippen LogP contribution in [0.3, 0.4) is 0 Å². The van der Waals surface area contributed by atoms with E-state index in [2.05, 4.69) is 90.9 Å². The molecule has 1 saturated heterocycles. The van der Waals surface area contributed by atoms with E-state index in [0.717, 1.165) is 38.5 Å². The van der Waals surface area contributed by atoms with Gasteiger partial charge in [0.15, 0.2) is 0 Å². The van der Waals surface area contributed by atoms with E-state index in [1.54, 1.807) is 0 Å². The molecule has 0 radical (unpaired) electrons. The number of rotatable bonds is 11. The first kappa shape index (κ1) is 40.4. The minimum atomic E-state index is -0.642. The Kier molecular flexibility index (Phi) is 10.4. The zero-order valence-corrected chi connectivity index (χ0v) is 35.1. The summed E-state index contributed by atoms with van der Waals surface area (Å²) < 4.78 is 15.8. The molecule has 5 aliphatic rings. The van der Waals surface area contributed by atoms with Gasteiger partial charge in [0, 0.05) is 22.4 Å². The number of carboxylic acids is 1. The second kappa shape index (κ2) is 13.7. The topological polar surface area (TPSA) is 128 Å². The highest BCUT2D eigenvalue weighted by molar-refractivity contribution is 5.90. The molecule has 0 unspecified atom stereocenters. The molecule has 10 nitrogen and oxygen atoms in total. The minimum absolute atomic E-state index is 0.0428. The first-order valence-corrected chi connectivity index (χ1v) is 20.7. The van der Waals surface area contributed by atoms with Gasteiger partial charge in [-0.25, -0.2) is 9.67 Å². The van der Waals surface area contributed by atoms with E-state index in [-0.39, 0.29) is 57.2 Å². The summed E-state index contributed by atoms with van der Waals surface area (Å²) >= 11 is 0. The van der Waals surface area contributed by atoms with Crippen LogP contribution in [0.15, 0.2) is 18.0 Å². The molecule has 12 atom stereocenters. The highest BCUT2D eigenvalue weighted by Gasteiger charge is 2.72. The van der Waals surface area contributed by atoms with Gasteiger partial charge in [0.2, 0.25) is 5.82 Å². The molecule has 298 valence electrons. The molecular weight excluding hydrogens is 667 g/mol. The molecule has 1 aliphatic heterocycles. The predicted molar refractivity (Wildman–Crippen MR) is 207 cm³/mol. The van der Waals surface area contributed by atoms with Gasteiger partial charge < -0.3 is 25.2 Å². The third-order valence-electron chi connectivity index (χ3n) is 17.0. The van der Waals surface area contributed by atoms with Crippen molar-refractivity contribution >= 4 is 11.9 Å². The third kappa shape index (κ3) is 5.88. The zero-order chi connectivity index (χ0) is 39.1. The lowest BCUT2D eigenvalue weighted by Crippen LogP contribution is -2.69. The smallest absolute Gasteiger partial charge is 0.307 e. The molecule has 4 fully saturated rings. The van der Waals surface area contributed by atoms with Gasteiger partial charge in [0.05, 0.1) is 37.9 Å². The number of aliphatic carboxylic acids is 1. The summed E-state index contributed by atoms with van der Waals surface area (Å²) in [5.74, 6) is 0.578. The zero-order valence-electron chi connectivity index (χ0n) is 35.1. The van der Waals surface area contributed by atoms with Crippen molar-refractivity contribution in [2.45, 2.75) is 145 Å². The molecular formula is C43H71N5O5. The number of carbonyl (C=O) groups is 2. The van der Waals surface area contributed by atoms with Crippen LogP contribution in [0.2, 0.25) is 0 Å². The normalized spacial score (nSPS) is 41.2. The number of amides is 1. The number of carbonyl (C=O) groups excluding carboxylic acids is 1. The number of hydrogen-bond donors (Lipinski definition) is 3. The molecule has 6 rings (SSSR count). The van der Waals surface area contributed by atoms with Crippen molar-refractivity contribution in [3.05, 3.63) is 23.8 Å². The summed E-state index contributed by atoms with van der Waals surface area (Å²) in [7, 11) is 2.00. The van der Waals surface area contributed by atoms with Crippen molar-refractivity contribution in [2.24, 2.45) is 62.6 Å². The molecule has 2 bridgehead atoms. The molecule has 10 heteroatoms. The summed E-state index contributed by atoms with van der Waals surface area (Å²) in [6.07, 6.45) is 9.17. The van der Waals surface area contributed by atoms with E-state index in [9.17, 15) is 14.7 Å². The first-order valence-electron chi connectivity index (χ1n) is 20.7. The molecule has 1 amide bonds. The van der Waals surface area contributed by atoms with Crippen molar-refractivity contribution in [2.75, 3.05) is 26.9 Å². The molecule has 3 N–H and O–H groups in total. The van der Waals surface area contributed by atoms with Crippen LogP contribution in [0.5, 0.6) is 0 Å². The van der Waals surface area contributed by atoms with Gasteiger partial charge in [-0.1, -0.05) is 74.0 Å². The average molecular weight is 738 g/mol. The summed E-state index contributed by atoms with van der Waals surface area (Å²) in [4.78, 5) is 31.8. The summed E-state index contributed by atoms with van der Waals surface area (Å²) in [5.41, 5.74) is -0.320. The van der Waals surface area contributed by atoms with E-state index >= 15 is 0 Å². The highest BCUT2D eigenvalue weighted by Crippen LogP contribution is 2.75. The van der Waals surface area contributed by atoms with E-state index in [1.807, 2.05) is 25.6 Å². The van der Waals surface area contributed by atoms with Crippen LogP contribution < -0.4 is 10.6 Å². The van der Waals surface area contributed by atoms with Crippen LogP contribution in [0.1, 0.15) is 138 Å². The molecule has 1 aromatic heterocycles. The third-order valence-corrected chi connectivity index (χ3v) is 17.0. The number of allylic oxidation sites excluding steroid dienone is 1. The Morgan fingerprint density at radius 1 is 1.06 bits per heavy atom. The standard InChI is InChI=1S/C43H71N5O5/c1-25(2)28(7)38(8)18-19-40(10)29-14-15-32-39(9)21-52-23-43(32,30(29)16-17-41(40,11)33(38)37(50)51)20-31(34(39)53-22-42(12,44-13)26(3)4)48-35(45-24-46-48)36(49)47-27(5)6/h16,24-29,31-34,44H,14-15,17-23H2,1-13H3,(H,47,49)(H,50,51)/t28-,29+,31-,32+,33-,34+,38-,39+,40-,41+,42+,43+/m1/s1. The van der Waals surface area contributed by atoms with Crippen molar-refractivity contribution in [1.29, 1.82) is 0 Å².